The number of hydrogen-bond donors (Lipinski definition) is 0. The fourth-order valence-corrected chi connectivity index (χ4v) is 8.36. The van der Waals surface area contributed by atoms with Gasteiger partial charge in [0.2, 0.25) is 0 Å². The van der Waals surface area contributed by atoms with E-state index in [0.29, 0.717) is 5.65 Å². The van der Waals surface area contributed by atoms with Gasteiger partial charge < -0.3 is 0 Å². The smallest absolute Gasteiger partial charge is 0.262 e. The number of aromatic nitrogens is 3. The van der Waals surface area contributed by atoms with Crippen LogP contribution in [-0.2, 0) is 0 Å². The Labute approximate surface area is 310 Å². The van der Waals surface area contributed by atoms with E-state index in [2.05, 4.69) is 133 Å². The molecule has 0 aliphatic rings. The van der Waals surface area contributed by atoms with Crippen LogP contribution in [0.2, 0.25) is 0 Å². The molecule has 0 aliphatic heterocycles. The number of imidazole rings is 1. The van der Waals surface area contributed by atoms with Gasteiger partial charge >= 0.3 is 5.69 Å². The third kappa shape index (κ3) is 4.64. The number of rotatable bonds is 4. The summed E-state index contributed by atoms with van der Waals surface area (Å²) >= 11 is 0. The number of fused-ring (bicyclic) bond motifs is 11. The molecule has 9 aromatic carbocycles. The second-order valence-electron chi connectivity index (χ2n) is 14.0. The van der Waals surface area contributed by atoms with Crippen molar-refractivity contribution in [3.8, 4) is 39.1 Å². The summed E-state index contributed by atoms with van der Waals surface area (Å²) in [7, 11) is 0. The van der Waals surface area contributed by atoms with Crippen LogP contribution in [0.1, 0.15) is 0 Å². The highest BCUT2D eigenvalue weighted by Gasteiger charge is 2.18. The zero-order valence-corrected chi connectivity index (χ0v) is 29.1. The minimum absolute atomic E-state index is 0.154. The molecule has 0 fully saturated rings. The molecule has 0 atom stereocenters. The van der Waals surface area contributed by atoms with Crippen molar-refractivity contribution in [3.63, 3.8) is 0 Å². The Morgan fingerprint density at radius 2 is 0.870 bits per heavy atom. The fraction of sp³-hybridized carbons (Fsp3) is 0. The first-order valence-electron chi connectivity index (χ1n) is 18.3. The van der Waals surface area contributed by atoms with E-state index in [1.165, 1.54) is 32.3 Å². The van der Waals surface area contributed by atoms with E-state index in [0.717, 1.165) is 61.0 Å². The lowest BCUT2D eigenvalue weighted by Gasteiger charge is -2.15. The first-order valence-corrected chi connectivity index (χ1v) is 18.3. The number of para-hydroxylation sites is 2. The highest BCUT2D eigenvalue weighted by atomic mass is 16.1. The van der Waals surface area contributed by atoms with Crippen LogP contribution in [0.25, 0.3) is 99.0 Å². The zero-order valence-electron chi connectivity index (χ0n) is 29.1. The van der Waals surface area contributed by atoms with Gasteiger partial charge in [-0.15, -0.1) is 0 Å². The van der Waals surface area contributed by atoms with Gasteiger partial charge in [-0.05, 0) is 114 Å². The molecule has 11 rings (SSSR count). The van der Waals surface area contributed by atoms with Crippen LogP contribution in [0.3, 0.4) is 0 Å². The Kier molecular flexibility index (Phi) is 6.67. The molecule has 0 saturated carbocycles. The maximum absolute atomic E-state index is 14.7. The third-order valence-electron chi connectivity index (χ3n) is 10.9. The summed E-state index contributed by atoms with van der Waals surface area (Å²) in [6.07, 6.45) is 0. The van der Waals surface area contributed by atoms with Crippen molar-refractivity contribution >= 4 is 59.9 Å². The van der Waals surface area contributed by atoms with E-state index in [9.17, 15) is 4.79 Å². The minimum atomic E-state index is -0.154. The van der Waals surface area contributed by atoms with Crippen LogP contribution >= 0.6 is 0 Å². The van der Waals surface area contributed by atoms with Gasteiger partial charge in [-0.3, -0.25) is 4.57 Å². The average molecular weight is 690 g/mol. The lowest BCUT2D eigenvalue weighted by Crippen LogP contribution is -2.25. The molecule has 11 aromatic rings. The summed E-state index contributed by atoms with van der Waals surface area (Å²) in [6.45, 7) is 0. The van der Waals surface area contributed by atoms with Crippen LogP contribution in [0.4, 0.5) is 0 Å². The molecule has 0 spiro atoms. The van der Waals surface area contributed by atoms with Crippen molar-refractivity contribution in [2.45, 2.75) is 0 Å². The molecule has 0 aliphatic carbocycles. The molecule has 4 nitrogen and oxygen atoms in total. The van der Waals surface area contributed by atoms with Crippen LogP contribution in [0, 0.1) is 0 Å². The summed E-state index contributed by atoms with van der Waals surface area (Å²) in [4.78, 5) is 19.7. The first-order chi connectivity index (χ1) is 26.7. The first kappa shape index (κ1) is 30.3. The highest BCUT2D eigenvalue weighted by molar-refractivity contribution is 6.25. The normalized spacial score (nSPS) is 11.8. The van der Waals surface area contributed by atoms with Crippen molar-refractivity contribution in [2.75, 3.05) is 0 Å². The number of nitrogens with zero attached hydrogens (tertiary/aromatic N) is 3. The predicted octanol–water partition coefficient (Wildman–Crippen LogP) is 12.3. The molecule has 2 heterocycles. The maximum Gasteiger partial charge on any atom is 0.339 e. The van der Waals surface area contributed by atoms with E-state index < -0.39 is 0 Å². The molecule has 2 aromatic heterocycles. The van der Waals surface area contributed by atoms with Crippen LogP contribution < -0.4 is 5.69 Å². The SMILES string of the molecule is O=c1n(-c2cccc(-c3ccccc3)c2)c2cc(-c3cccc(-c4ccc5c6ccccc6c6ccccc6c5c4)c3)ccc2c2nc3ccccc3n12. The van der Waals surface area contributed by atoms with E-state index in [-0.39, 0.29) is 5.69 Å². The van der Waals surface area contributed by atoms with Gasteiger partial charge in [0.1, 0.15) is 0 Å². The van der Waals surface area contributed by atoms with Crippen molar-refractivity contribution in [3.05, 3.63) is 199 Å². The molecule has 0 saturated heterocycles. The third-order valence-corrected chi connectivity index (χ3v) is 10.9. The topological polar surface area (TPSA) is 39.3 Å². The molecule has 0 unspecified atom stereocenters. The number of benzene rings is 9. The van der Waals surface area contributed by atoms with E-state index in [1.54, 1.807) is 4.40 Å². The lowest BCUT2D eigenvalue weighted by molar-refractivity contribution is 0.932. The standard InChI is InChI=1S/C50H31N3O/c54-50-52(38-17-11-16-35(29-38)32-12-2-1-3-13-32)48-31-37(25-27-44(48)49-51-46-22-8-9-23-47(46)53(49)50)34-15-10-14-33(28-34)36-24-26-43-41-20-5-4-18-39(41)40-19-6-7-21-42(40)45(43)30-36/h1-31H. The van der Waals surface area contributed by atoms with Crippen LogP contribution in [0.15, 0.2) is 193 Å². The van der Waals surface area contributed by atoms with Gasteiger partial charge in [0.25, 0.3) is 0 Å². The van der Waals surface area contributed by atoms with Gasteiger partial charge in [-0.25, -0.2) is 14.2 Å². The van der Waals surface area contributed by atoms with Gasteiger partial charge in [0, 0.05) is 5.39 Å². The molecular weight excluding hydrogens is 659 g/mol. The molecule has 0 radical (unpaired) electrons. The maximum atomic E-state index is 14.7. The predicted molar refractivity (Wildman–Crippen MR) is 225 cm³/mol. The van der Waals surface area contributed by atoms with E-state index >= 15 is 0 Å². The molecular formula is C50H31N3O. The Hall–Kier alpha value is -7.30. The van der Waals surface area contributed by atoms with Gasteiger partial charge in [0.15, 0.2) is 5.65 Å². The largest absolute Gasteiger partial charge is 0.339 e. The Morgan fingerprint density at radius 3 is 1.59 bits per heavy atom. The fourth-order valence-electron chi connectivity index (χ4n) is 8.36. The summed E-state index contributed by atoms with van der Waals surface area (Å²) in [6, 6.07) is 65.7. The molecule has 0 amide bonds. The van der Waals surface area contributed by atoms with E-state index in [4.69, 9.17) is 4.98 Å². The van der Waals surface area contributed by atoms with Crippen LogP contribution in [0.5, 0.6) is 0 Å². The molecule has 54 heavy (non-hydrogen) atoms. The highest BCUT2D eigenvalue weighted by Crippen LogP contribution is 2.38. The van der Waals surface area contributed by atoms with Crippen LogP contribution in [-0.4, -0.2) is 14.0 Å². The van der Waals surface area contributed by atoms with Gasteiger partial charge in [-0.2, -0.15) is 0 Å². The van der Waals surface area contributed by atoms with Crippen molar-refractivity contribution in [1.29, 1.82) is 0 Å². The quantitative estimate of drug-likeness (QED) is 0.173. The summed E-state index contributed by atoms with van der Waals surface area (Å²) in [5.74, 6) is 0. The molecule has 0 N–H and O–H groups in total. The Balaban J connectivity index is 1.11. The minimum Gasteiger partial charge on any atom is -0.262 e. The van der Waals surface area contributed by atoms with Crippen molar-refractivity contribution in [1.82, 2.24) is 14.0 Å². The zero-order chi connectivity index (χ0) is 35.8. The second kappa shape index (κ2) is 11.9. The second-order valence-corrected chi connectivity index (χ2v) is 14.0. The van der Waals surface area contributed by atoms with Crippen molar-refractivity contribution in [2.24, 2.45) is 0 Å². The lowest BCUT2D eigenvalue weighted by atomic mass is 9.91. The van der Waals surface area contributed by atoms with Crippen molar-refractivity contribution < 1.29 is 0 Å². The summed E-state index contributed by atoms with van der Waals surface area (Å²) < 4.78 is 3.59. The summed E-state index contributed by atoms with van der Waals surface area (Å²) in [5, 5.41) is 8.47. The monoisotopic (exact) mass is 689 g/mol. The summed E-state index contributed by atoms with van der Waals surface area (Å²) in [5.41, 5.74) is 10.2. The molecule has 0 bridgehead atoms. The average Bonchev–Trinajstić information content (AvgIpc) is 3.64. The van der Waals surface area contributed by atoms with Gasteiger partial charge in [-0.1, -0.05) is 140 Å². The molecule has 4 heteroatoms. The van der Waals surface area contributed by atoms with Gasteiger partial charge in [0.05, 0.1) is 22.2 Å². The Morgan fingerprint density at radius 1 is 0.352 bits per heavy atom. The molecule has 252 valence electrons. The number of hydrogen-bond acceptors (Lipinski definition) is 2. The van der Waals surface area contributed by atoms with E-state index in [1.807, 2.05) is 59.2 Å². The Bertz CT molecular complexity index is 3320.